The van der Waals surface area contributed by atoms with Crippen molar-refractivity contribution in [1.82, 2.24) is 4.98 Å². The van der Waals surface area contributed by atoms with Crippen molar-refractivity contribution in [2.75, 3.05) is 0 Å². The van der Waals surface area contributed by atoms with Crippen molar-refractivity contribution in [3.8, 4) is 21.5 Å². The molecule has 0 aliphatic carbocycles. The van der Waals surface area contributed by atoms with Crippen LogP contribution in [-0.4, -0.2) is 46.3 Å². The van der Waals surface area contributed by atoms with E-state index in [1.807, 2.05) is 0 Å². The summed E-state index contributed by atoms with van der Waals surface area (Å²) >= 11 is 0.260. The second kappa shape index (κ2) is 10.0. The zero-order chi connectivity index (χ0) is 24.3. The van der Waals surface area contributed by atoms with Crippen LogP contribution in [0.2, 0.25) is 19.6 Å². The average molecular weight is 550 g/mol. The summed E-state index contributed by atoms with van der Waals surface area (Å²) in [5.41, 5.74) is -0.549. The van der Waals surface area contributed by atoms with Crippen LogP contribution in [0.3, 0.4) is 0 Å². The van der Waals surface area contributed by atoms with E-state index in [0.717, 1.165) is 12.0 Å². The molecular formula is C21H25F3N2O3SSeSi. The molecule has 0 saturated heterocycles. The summed E-state index contributed by atoms with van der Waals surface area (Å²) in [7, 11) is -7.29. The molecule has 5 nitrogen and oxygen atoms in total. The second-order valence-corrected chi connectivity index (χ2v) is 17.5. The standard InChI is InChI=1S/C20H25N2SeSi.CHF3O3S/c1-15-6-10-17(11-7-15)19-21-20(18-12-8-16(2)9-13-18)23-22(19)14-24(3,4)5;2-1(3,4)8(5,6)7/h6-13H,14H2,1-5H3;(H,5,6,7)/q+1;/p-1. The van der Waals surface area contributed by atoms with Crippen molar-refractivity contribution in [3.05, 3.63) is 59.7 Å². The first-order valence-electron chi connectivity index (χ1n) is 9.64. The number of benzene rings is 2. The van der Waals surface area contributed by atoms with E-state index in [1.165, 1.54) is 26.8 Å². The van der Waals surface area contributed by atoms with Gasteiger partial charge in [-0.25, -0.2) is 8.42 Å². The number of aromatic nitrogens is 2. The molecule has 0 amide bonds. The summed E-state index contributed by atoms with van der Waals surface area (Å²) < 4.78 is 62.7. The molecule has 11 heteroatoms. The first-order valence-corrected chi connectivity index (χ1v) is 16.4. The van der Waals surface area contributed by atoms with Gasteiger partial charge < -0.3 is 4.55 Å². The maximum Gasteiger partial charge on any atom is 0.485 e. The Hall–Kier alpha value is -1.78. The van der Waals surface area contributed by atoms with Crippen molar-refractivity contribution in [2.24, 2.45) is 0 Å². The van der Waals surface area contributed by atoms with E-state index in [4.69, 9.17) is 18.0 Å². The van der Waals surface area contributed by atoms with Gasteiger partial charge in [-0.3, -0.25) is 0 Å². The van der Waals surface area contributed by atoms with Crippen LogP contribution in [0, 0.1) is 13.8 Å². The minimum Gasteiger partial charge on any atom is -0.741 e. The van der Waals surface area contributed by atoms with Crippen molar-refractivity contribution >= 4 is 32.9 Å². The van der Waals surface area contributed by atoms with Gasteiger partial charge in [-0.05, 0) is 0 Å². The third-order valence-corrected chi connectivity index (χ3v) is 8.64. The van der Waals surface area contributed by atoms with Gasteiger partial charge in [0.2, 0.25) is 0 Å². The molecule has 2 aromatic carbocycles. The molecule has 174 valence electrons. The van der Waals surface area contributed by atoms with Crippen LogP contribution < -0.4 is 3.56 Å². The fourth-order valence-corrected chi connectivity index (χ4v) is 8.20. The fourth-order valence-electron chi connectivity index (χ4n) is 2.58. The topological polar surface area (TPSA) is 74.0 Å². The number of rotatable bonds is 4. The van der Waals surface area contributed by atoms with Gasteiger partial charge in [0.25, 0.3) is 0 Å². The second-order valence-electron chi connectivity index (χ2n) is 8.56. The van der Waals surface area contributed by atoms with Gasteiger partial charge in [0, 0.05) is 0 Å². The molecule has 0 saturated carbocycles. The SMILES string of the molecule is Cc1ccc(-c2nc(-c3ccc(C)cc3)[n+](C[Si](C)(C)C)[se]2)cc1.O=S(=O)([O-])C(F)(F)F. The van der Waals surface area contributed by atoms with Gasteiger partial charge in [0.05, 0.1) is 0 Å². The summed E-state index contributed by atoms with van der Waals surface area (Å²) in [4.78, 5) is 5.06. The van der Waals surface area contributed by atoms with E-state index >= 15 is 0 Å². The van der Waals surface area contributed by atoms with Crippen molar-refractivity contribution in [3.63, 3.8) is 0 Å². The summed E-state index contributed by atoms with van der Waals surface area (Å²) in [6, 6.07) is 17.6. The molecule has 1 aromatic heterocycles. The zero-order valence-corrected chi connectivity index (χ0v) is 21.9. The third kappa shape index (κ3) is 7.67. The Bertz CT molecular complexity index is 1150. The van der Waals surface area contributed by atoms with E-state index in [0.29, 0.717) is 0 Å². The van der Waals surface area contributed by atoms with E-state index in [9.17, 15) is 13.2 Å². The Labute approximate surface area is 193 Å². The van der Waals surface area contributed by atoms with Crippen LogP contribution in [0.1, 0.15) is 11.1 Å². The monoisotopic (exact) mass is 550 g/mol. The van der Waals surface area contributed by atoms with Crippen LogP contribution in [0.25, 0.3) is 21.5 Å². The number of aryl methyl sites for hydroxylation is 2. The molecule has 0 bridgehead atoms. The van der Waals surface area contributed by atoms with Crippen LogP contribution >= 0.6 is 0 Å². The molecule has 3 rings (SSSR count). The van der Waals surface area contributed by atoms with Gasteiger partial charge in [-0.2, -0.15) is 13.2 Å². The smallest absolute Gasteiger partial charge is 0.485 e. The normalized spacial score (nSPS) is 12.3. The largest absolute Gasteiger partial charge is 0.741 e. The summed E-state index contributed by atoms with van der Waals surface area (Å²) in [5, 5.41) is 0. The Morgan fingerprint density at radius 3 is 1.72 bits per heavy atom. The van der Waals surface area contributed by atoms with Crippen LogP contribution in [0.15, 0.2) is 48.5 Å². The quantitative estimate of drug-likeness (QED) is 0.276. The predicted molar refractivity (Wildman–Crippen MR) is 121 cm³/mol. The van der Waals surface area contributed by atoms with E-state index in [-0.39, 0.29) is 14.7 Å². The Kier molecular flexibility index (Phi) is 8.28. The van der Waals surface area contributed by atoms with E-state index in [1.54, 1.807) is 0 Å². The van der Waals surface area contributed by atoms with Gasteiger partial charge in [0.1, 0.15) is 0 Å². The van der Waals surface area contributed by atoms with Gasteiger partial charge in [-0.15, -0.1) is 0 Å². The predicted octanol–water partition coefficient (Wildman–Crippen LogP) is 4.31. The Balaban J connectivity index is 0.000000390. The Morgan fingerprint density at radius 1 is 0.938 bits per heavy atom. The molecule has 0 radical (unpaired) electrons. The van der Waals surface area contributed by atoms with Crippen molar-refractivity contribution < 1.29 is 29.7 Å². The van der Waals surface area contributed by atoms with Crippen LogP contribution in [0.4, 0.5) is 13.2 Å². The fraction of sp³-hybridized carbons (Fsp3) is 0.333. The molecule has 0 unspecified atom stereocenters. The summed E-state index contributed by atoms with van der Waals surface area (Å²) in [6.07, 6.45) is 1.16. The molecule has 3 aromatic rings. The number of nitrogens with zero attached hydrogens (tertiary/aromatic N) is 2. The van der Waals surface area contributed by atoms with Gasteiger partial charge in [0.15, 0.2) is 10.1 Å². The first-order chi connectivity index (χ1) is 14.6. The molecule has 0 atom stereocenters. The number of halogens is 3. The molecule has 0 aliphatic rings. The molecule has 0 fully saturated rings. The average Bonchev–Trinajstić information content (AvgIpc) is 3.03. The third-order valence-electron chi connectivity index (χ3n) is 4.15. The number of hydrogen-bond acceptors (Lipinski definition) is 4. The van der Waals surface area contributed by atoms with Crippen molar-refractivity contribution in [1.29, 1.82) is 0 Å². The molecule has 1 heterocycles. The van der Waals surface area contributed by atoms with Crippen LogP contribution in [0.5, 0.6) is 0 Å². The van der Waals surface area contributed by atoms with Crippen LogP contribution in [-0.2, 0) is 16.3 Å². The molecule has 0 N–H and O–H groups in total. The van der Waals surface area contributed by atoms with Gasteiger partial charge >= 0.3 is 158 Å². The van der Waals surface area contributed by atoms with Gasteiger partial charge in [-0.1, -0.05) is 0 Å². The minimum absolute atomic E-state index is 0.260. The first kappa shape index (κ1) is 26.5. The molecular weight excluding hydrogens is 524 g/mol. The molecule has 0 aliphatic heterocycles. The summed E-state index contributed by atoms with van der Waals surface area (Å²) in [5.74, 6) is 1.16. The molecule has 32 heavy (non-hydrogen) atoms. The zero-order valence-electron chi connectivity index (χ0n) is 18.4. The minimum atomic E-state index is -6.09. The van der Waals surface area contributed by atoms with E-state index in [2.05, 4.69) is 85.6 Å². The Morgan fingerprint density at radius 2 is 1.34 bits per heavy atom. The maximum absolute atomic E-state index is 10.7. The maximum atomic E-state index is 10.7. The molecule has 0 spiro atoms. The van der Waals surface area contributed by atoms with E-state index < -0.39 is 23.7 Å². The number of hydrogen-bond donors (Lipinski definition) is 0. The van der Waals surface area contributed by atoms with Crippen molar-refractivity contribution in [2.45, 2.75) is 45.2 Å². The summed E-state index contributed by atoms with van der Waals surface area (Å²) in [6.45, 7) is 11.6. The number of alkyl halides is 3.